The zero-order valence-electron chi connectivity index (χ0n) is 4.69. The van der Waals surface area contributed by atoms with Gasteiger partial charge in [-0.15, -0.1) is 0 Å². The molecule has 0 saturated heterocycles. The van der Waals surface area contributed by atoms with Gasteiger partial charge in [-0.05, 0) is 6.92 Å². The molecule has 2 heteroatoms. The third-order valence-electron chi connectivity index (χ3n) is 0. The van der Waals surface area contributed by atoms with Crippen LogP contribution < -0.4 is 0 Å². The van der Waals surface area contributed by atoms with Crippen molar-refractivity contribution < 1.29 is 7.65 Å². The molecule has 0 bridgehead atoms. The molecule has 0 spiro atoms. The van der Waals surface area contributed by atoms with Gasteiger partial charge in [0.25, 0.3) is 0 Å². The van der Waals surface area contributed by atoms with E-state index >= 15 is 0 Å². The van der Waals surface area contributed by atoms with Crippen LogP contribution in [0, 0.1) is 0 Å². The van der Waals surface area contributed by atoms with Gasteiger partial charge in [0.2, 0.25) is 0 Å². The van der Waals surface area contributed by atoms with E-state index in [1.54, 1.807) is 0 Å². The van der Waals surface area contributed by atoms with Gasteiger partial charge in [-0.25, -0.2) is 0 Å². The molecule has 0 aromatic heterocycles. The molecule has 0 saturated carbocycles. The van der Waals surface area contributed by atoms with Crippen molar-refractivity contribution in [2.45, 2.75) is 6.92 Å². The summed E-state index contributed by atoms with van der Waals surface area (Å²) in [4.78, 5) is 8.81. The van der Waals surface area contributed by atoms with E-state index in [0.717, 1.165) is 6.29 Å². The molecule has 1 nitrogen and oxygen atoms in total. The van der Waals surface area contributed by atoms with Crippen molar-refractivity contribution >= 4 is 29.3 Å². The van der Waals surface area contributed by atoms with Gasteiger partial charge in [0, 0.05) is 0 Å². The number of carbonyl (C=O) groups is 1. The smallest absolute Gasteiger partial charge is 1.00 e. The summed E-state index contributed by atoms with van der Waals surface area (Å²) in [5, 5.41) is 0. The summed E-state index contributed by atoms with van der Waals surface area (Å²) in [5.41, 5.74) is 0. The molecule has 0 fully saturated rings. The van der Waals surface area contributed by atoms with Crippen LogP contribution in [0.3, 0.4) is 0 Å². The largest absolute Gasteiger partial charge is 2.00 e. The second-order valence-electron chi connectivity index (χ2n) is 0.236. The van der Waals surface area contributed by atoms with Crippen molar-refractivity contribution in [3.8, 4) is 0 Å². The van der Waals surface area contributed by atoms with Gasteiger partial charge in [-0.3, -0.25) is 0 Å². The average molecular weight is 70.4 g/mol. The Morgan fingerprint density at radius 1 is 2.00 bits per heavy atom. The SMILES string of the molecule is CC=O.[H-].[H-].[Mg+2]. The van der Waals surface area contributed by atoms with E-state index in [2.05, 4.69) is 0 Å². The van der Waals surface area contributed by atoms with Crippen LogP contribution in [0.2, 0.25) is 0 Å². The van der Waals surface area contributed by atoms with E-state index in [0.29, 0.717) is 0 Å². The monoisotopic (exact) mass is 70.0 g/mol. The van der Waals surface area contributed by atoms with Gasteiger partial charge in [0.1, 0.15) is 6.29 Å². The van der Waals surface area contributed by atoms with E-state index in [-0.39, 0.29) is 25.9 Å². The second-order valence-corrected chi connectivity index (χ2v) is 0.236. The first kappa shape index (κ1) is 8.83. The van der Waals surface area contributed by atoms with Gasteiger partial charge in [0.05, 0.1) is 0 Å². The predicted molar refractivity (Wildman–Crippen MR) is 19.7 cm³/mol. The molecule has 0 N–H and O–H groups in total. The fourth-order valence-electron chi connectivity index (χ4n) is 0. The van der Waals surface area contributed by atoms with Crippen molar-refractivity contribution in [1.29, 1.82) is 0 Å². The number of hydrogen-bond acceptors (Lipinski definition) is 1. The third-order valence-corrected chi connectivity index (χ3v) is 0. The molecule has 0 aliphatic rings. The summed E-state index contributed by atoms with van der Waals surface area (Å²) in [6, 6.07) is 0. The number of hydrogen-bond donors (Lipinski definition) is 0. The van der Waals surface area contributed by atoms with Crippen LogP contribution in [0.15, 0.2) is 0 Å². The fourth-order valence-corrected chi connectivity index (χ4v) is 0. The van der Waals surface area contributed by atoms with Gasteiger partial charge < -0.3 is 7.65 Å². The molecule has 0 atom stereocenters. The zero-order valence-corrected chi connectivity index (χ0v) is 4.11. The Labute approximate surface area is 44.5 Å². The summed E-state index contributed by atoms with van der Waals surface area (Å²) in [5.74, 6) is 0. The molecule has 0 rings (SSSR count). The third kappa shape index (κ3) is 26.4. The molecule has 22 valence electrons. The molecule has 0 unspecified atom stereocenters. The van der Waals surface area contributed by atoms with E-state index in [1.807, 2.05) is 0 Å². The first-order valence-electron chi connectivity index (χ1n) is 0.813. The average Bonchev–Trinajstić information content (AvgIpc) is 0.918. The predicted octanol–water partition coefficient (Wildman–Crippen LogP) is 0.0494. The van der Waals surface area contributed by atoms with E-state index in [9.17, 15) is 0 Å². The molecule has 0 aliphatic heterocycles. The van der Waals surface area contributed by atoms with Crippen LogP contribution in [0.25, 0.3) is 0 Å². The molecule has 0 aliphatic carbocycles. The molecule has 0 heterocycles. The van der Waals surface area contributed by atoms with Crippen LogP contribution in [-0.4, -0.2) is 29.3 Å². The maximum Gasteiger partial charge on any atom is 2.00 e. The van der Waals surface area contributed by atoms with Crippen molar-refractivity contribution in [1.82, 2.24) is 0 Å². The zero-order chi connectivity index (χ0) is 2.71. The van der Waals surface area contributed by atoms with Crippen LogP contribution in [0.1, 0.15) is 9.78 Å². The van der Waals surface area contributed by atoms with Crippen molar-refractivity contribution in [2.75, 3.05) is 0 Å². The summed E-state index contributed by atoms with van der Waals surface area (Å²) in [7, 11) is 0. The van der Waals surface area contributed by atoms with Crippen molar-refractivity contribution in [3.05, 3.63) is 0 Å². The maximum atomic E-state index is 8.81. The maximum absolute atomic E-state index is 8.81. The van der Waals surface area contributed by atoms with Crippen molar-refractivity contribution in [3.63, 3.8) is 0 Å². The topological polar surface area (TPSA) is 17.1 Å². The van der Waals surface area contributed by atoms with Gasteiger partial charge in [-0.2, -0.15) is 0 Å². The normalized spacial score (nSPS) is 3.25. The van der Waals surface area contributed by atoms with Crippen LogP contribution in [0.5, 0.6) is 0 Å². The van der Waals surface area contributed by atoms with Gasteiger partial charge >= 0.3 is 23.1 Å². The Bertz CT molecular complexity index is 19.0. The summed E-state index contributed by atoms with van der Waals surface area (Å²) in [6.45, 7) is 1.44. The Morgan fingerprint density at radius 2 is 2.00 bits per heavy atom. The number of carbonyl (C=O) groups excluding carboxylic acids is 1. The number of rotatable bonds is 0. The first-order valence-corrected chi connectivity index (χ1v) is 0.813. The van der Waals surface area contributed by atoms with E-state index in [4.69, 9.17) is 4.79 Å². The van der Waals surface area contributed by atoms with E-state index in [1.165, 1.54) is 6.92 Å². The molecule has 4 heavy (non-hydrogen) atoms. The molecule has 0 aromatic carbocycles. The Morgan fingerprint density at radius 3 is 2.00 bits per heavy atom. The number of aldehydes is 1. The minimum Gasteiger partial charge on any atom is -1.00 e. The molecule has 0 aromatic rings. The second kappa shape index (κ2) is 9.89. The summed E-state index contributed by atoms with van der Waals surface area (Å²) < 4.78 is 0. The Balaban J connectivity index is -0.00000000667. The quantitative estimate of drug-likeness (QED) is 0.291. The van der Waals surface area contributed by atoms with Gasteiger partial charge in [0.15, 0.2) is 0 Å². The minimum atomic E-state index is 0. The van der Waals surface area contributed by atoms with Crippen LogP contribution >= 0.6 is 0 Å². The van der Waals surface area contributed by atoms with Crippen LogP contribution in [-0.2, 0) is 4.79 Å². The summed E-state index contributed by atoms with van der Waals surface area (Å²) in [6.07, 6.45) is 0.750. The van der Waals surface area contributed by atoms with Crippen molar-refractivity contribution in [2.24, 2.45) is 0 Å². The fraction of sp³-hybridized carbons (Fsp3) is 0.500. The summed E-state index contributed by atoms with van der Waals surface area (Å²) >= 11 is 0. The molecule has 0 amide bonds. The first-order chi connectivity index (χ1) is 1.41. The Kier molecular flexibility index (Phi) is 21.8. The standard InChI is InChI=1S/C2H4O.Mg.2H/c1-2-3;;;/h2H,1H3;;;/q;+2;2*-1. The molecular formula is C2H6MgO. The Hall–Kier alpha value is 0.436. The van der Waals surface area contributed by atoms with E-state index < -0.39 is 0 Å². The minimum absolute atomic E-state index is 0. The molecular weight excluding hydrogens is 64.3 g/mol. The molecule has 0 radical (unpaired) electrons. The van der Waals surface area contributed by atoms with Gasteiger partial charge in [-0.1, -0.05) is 0 Å². The van der Waals surface area contributed by atoms with Crippen LogP contribution in [0.4, 0.5) is 0 Å².